The van der Waals surface area contributed by atoms with Crippen LogP contribution in [0, 0.1) is 0 Å². The fourth-order valence-electron chi connectivity index (χ4n) is 1.96. The van der Waals surface area contributed by atoms with E-state index in [1.54, 1.807) is 18.2 Å². The van der Waals surface area contributed by atoms with Crippen molar-refractivity contribution < 1.29 is 26.0 Å². The van der Waals surface area contributed by atoms with Crippen LogP contribution in [0.5, 0.6) is 0 Å². The van der Waals surface area contributed by atoms with Gasteiger partial charge in [-0.3, -0.25) is 0 Å². The zero-order chi connectivity index (χ0) is 18.1. The van der Waals surface area contributed by atoms with Gasteiger partial charge in [-0.15, -0.1) is 5.10 Å². The maximum atomic E-state index is 12.5. The maximum Gasteiger partial charge on any atom is 0.416 e. The number of halogens is 3. The van der Waals surface area contributed by atoms with Gasteiger partial charge in [-0.25, -0.2) is 13.1 Å². The molecule has 25 heavy (non-hydrogen) atoms. The van der Waals surface area contributed by atoms with Gasteiger partial charge in [-0.05, 0) is 36.4 Å². The van der Waals surface area contributed by atoms with Crippen LogP contribution in [-0.4, -0.2) is 18.6 Å². The number of aromatic nitrogens is 2. The van der Waals surface area contributed by atoms with Crippen LogP contribution in [0.2, 0.25) is 0 Å². The molecule has 0 aliphatic carbocycles. The third-order valence-corrected chi connectivity index (χ3v) is 4.50. The minimum atomic E-state index is -4.45. The highest BCUT2D eigenvalue weighted by Gasteiger charge is 2.30. The Labute approximate surface area is 140 Å². The lowest BCUT2D eigenvalue weighted by atomic mass is 10.1. The van der Waals surface area contributed by atoms with E-state index < -0.39 is 27.8 Å². The number of hydrogen-bond acceptors (Lipinski definition) is 5. The molecule has 0 saturated carbocycles. The number of alkyl halides is 3. The van der Waals surface area contributed by atoms with Crippen molar-refractivity contribution >= 4 is 16.0 Å². The highest BCUT2D eigenvalue weighted by atomic mass is 32.2. The van der Waals surface area contributed by atoms with Crippen LogP contribution in [0.1, 0.15) is 5.56 Å². The fourth-order valence-corrected chi connectivity index (χ4v) is 2.90. The van der Waals surface area contributed by atoms with Crippen molar-refractivity contribution in [2.75, 3.05) is 4.72 Å². The highest BCUT2D eigenvalue weighted by molar-refractivity contribution is 7.92. The van der Waals surface area contributed by atoms with Crippen molar-refractivity contribution in [2.45, 2.75) is 11.1 Å². The van der Waals surface area contributed by atoms with E-state index in [0.29, 0.717) is 0 Å². The largest absolute Gasteiger partial charge is 0.416 e. The number of nitrogens with one attached hydrogen (secondary N) is 1. The number of rotatable bonds is 4. The van der Waals surface area contributed by atoms with E-state index in [2.05, 4.69) is 14.9 Å². The Balaban J connectivity index is 1.81. The molecule has 0 amide bonds. The van der Waals surface area contributed by atoms with Gasteiger partial charge in [0.25, 0.3) is 10.0 Å². The highest BCUT2D eigenvalue weighted by Crippen LogP contribution is 2.31. The maximum absolute atomic E-state index is 12.5. The molecule has 0 aliphatic rings. The van der Waals surface area contributed by atoms with E-state index in [1.165, 1.54) is 12.1 Å². The van der Waals surface area contributed by atoms with Gasteiger partial charge in [-0.2, -0.15) is 13.2 Å². The molecule has 1 N–H and O–H groups in total. The second-order valence-corrected chi connectivity index (χ2v) is 6.59. The van der Waals surface area contributed by atoms with Gasteiger partial charge in [0.2, 0.25) is 5.89 Å². The standard InChI is InChI=1S/C15H10F3N3O3S/c16-15(17,18)11-8-6-10(7-9-11)13-19-20-14(24-13)21-25(22,23)12-4-2-1-3-5-12/h1-9H,(H,20,21). The molecular formula is C15H10F3N3O3S. The van der Waals surface area contributed by atoms with E-state index in [0.717, 1.165) is 24.3 Å². The molecule has 3 rings (SSSR count). The molecule has 3 aromatic rings. The first-order chi connectivity index (χ1) is 11.8. The summed E-state index contributed by atoms with van der Waals surface area (Å²) in [6.07, 6.45) is -4.45. The van der Waals surface area contributed by atoms with Crippen LogP contribution in [0.4, 0.5) is 19.2 Å². The summed E-state index contributed by atoms with van der Waals surface area (Å²) in [6.45, 7) is 0. The molecule has 1 heterocycles. The predicted octanol–water partition coefficient (Wildman–Crippen LogP) is 3.56. The average Bonchev–Trinajstić information content (AvgIpc) is 3.03. The van der Waals surface area contributed by atoms with E-state index >= 15 is 0 Å². The molecule has 0 spiro atoms. The summed E-state index contributed by atoms with van der Waals surface area (Å²) in [4.78, 5) is 0.00396. The summed E-state index contributed by atoms with van der Waals surface area (Å²) >= 11 is 0. The normalized spacial score (nSPS) is 12.1. The molecule has 2 aromatic carbocycles. The zero-order valence-corrected chi connectivity index (χ0v) is 13.2. The minimum Gasteiger partial charge on any atom is -0.403 e. The first-order valence-corrected chi connectivity index (χ1v) is 8.33. The van der Waals surface area contributed by atoms with Crippen molar-refractivity contribution in [2.24, 2.45) is 0 Å². The molecule has 0 unspecified atom stereocenters. The smallest absolute Gasteiger partial charge is 0.403 e. The molecule has 0 aliphatic heterocycles. The van der Waals surface area contributed by atoms with Gasteiger partial charge >= 0.3 is 12.2 Å². The van der Waals surface area contributed by atoms with Gasteiger partial charge < -0.3 is 4.42 Å². The zero-order valence-electron chi connectivity index (χ0n) is 12.4. The summed E-state index contributed by atoms with van der Waals surface area (Å²) < 4.78 is 69.2. The number of nitrogens with zero attached hydrogens (tertiary/aromatic N) is 2. The van der Waals surface area contributed by atoms with Gasteiger partial charge in [0.15, 0.2) is 0 Å². The minimum absolute atomic E-state index is 0.00396. The summed E-state index contributed by atoms with van der Waals surface area (Å²) in [7, 11) is -3.90. The van der Waals surface area contributed by atoms with Crippen LogP contribution in [0.3, 0.4) is 0 Å². The van der Waals surface area contributed by atoms with E-state index in [4.69, 9.17) is 4.42 Å². The second kappa shape index (κ2) is 6.20. The third kappa shape index (κ3) is 3.79. The van der Waals surface area contributed by atoms with Crippen LogP contribution < -0.4 is 4.72 Å². The van der Waals surface area contributed by atoms with E-state index in [-0.39, 0.29) is 16.3 Å². The fraction of sp³-hybridized carbons (Fsp3) is 0.0667. The summed E-state index contributed by atoms with van der Waals surface area (Å²) in [6, 6.07) is 11.2. The SMILES string of the molecule is O=S(=O)(Nc1nnc(-c2ccc(C(F)(F)F)cc2)o1)c1ccccc1. The Morgan fingerprint density at radius 1 is 0.920 bits per heavy atom. The topological polar surface area (TPSA) is 85.1 Å². The second-order valence-electron chi connectivity index (χ2n) is 4.91. The number of sulfonamides is 1. The number of benzene rings is 2. The lowest BCUT2D eigenvalue weighted by Gasteiger charge is -2.06. The first-order valence-electron chi connectivity index (χ1n) is 6.85. The summed E-state index contributed by atoms with van der Waals surface area (Å²) in [5.74, 6) is -0.112. The van der Waals surface area contributed by atoms with Crippen molar-refractivity contribution in [1.82, 2.24) is 10.2 Å². The van der Waals surface area contributed by atoms with E-state index in [1.807, 2.05) is 0 Å². The Bertz CT molecular complexity index is 969. The quantitative estimate of drug-likeness (QED) is 0.760. The molecule has 0 atom stereocenters. The summed E-state index contributed by atoms with van der Waals surface area (Å²) in [5.41, 5.74) is -0.591. The Morgan fingerprint density at radius 2 is 1.56 bits per heavy atom. The molecule has 0 fully saturated rings. The predicted molar refractivity (Wildman–Crippen MR) is 82.0 cm³/mol. The van der Waals surface area contributed by atoms with Crippen molar-refractivity contribution in [1.29, 1.82) is 0 Å². The lowest BCUT2D eigenvalue weighted by Crippen LogP contribution is -2.12. The molecule has 130 valence electrons. The molecule has 0 saturated heterocycles. The number of hydrogen-bond donors (Lipinski definition) is 1. The molecular weight excluding hydrogens is 359 g/mol. The van der Waals surface area contributed by atoms with Gasteiger partial charge in [0.1, 0.15) is 0 Å². The van der Waals surface area contributed by atoms with Crippen molar-refractivity contribution in [3.8, 4) is 11.5 Å². The van der Waals surface area contributed by atoms with Crippen LogP contribution in [0.15, 0.2) is 63.9 Å². The monoisotopic (exact) mass is 369 g/mol. The van der Waals surface area contributed by atoms with E-state index in [9.17, 15) is 21.6 Å². The Kier molecular flexibility index (Phi) is 4.21. The summed E-state index contributed by atoms with van der Waals surface area (Å²) in [5, 5.41) is 7.18. The number of anilines is 1. The first kappa shape index (κ1) is 17.0. The van der Waals surface area contributed by atoms with Crippen molar-refractivity contribution in [3.63, 3.8) is 0 Å². The van der Waals surface area contributed by atoms with Crippen molar-refractivity contribution in [3.05, 3.63) is 60.2 Å². The lowest BCUT2D eigenvalue weighted by molar-refractivity contribution is -0.137. The van der Waals surface area contributed by atoms with Gasteiger partial charge in [0.05, 0.1) is 10.5 Å². The Morgan fingerprint density at radius 3 is 2.16 bits per heavy atom. The molecule has 10 heteroatoms. The molecule has 1 aromatic heterocycles. The van der Waals surface area contributed by atoms with Crippen LogP contribution >= 0.6 is 0 Å². The molecule has 0 bridgehead atoms. The molecule has 0 radical (unpaired) electrons. The molecule has 6 nitrogen and oxygen atoms in total. The average molecular weight is 369 g/mol. The van der Waals surface area contributed by atoms with Crippen LogP contribution in [0.25, 0.3) is 11.5 Å². The Hall–Kier alpha value is -2.88. The van der Waals surface area contributed by atoms with Gasteiger partial charge in [-0.1, -0.05) is 23.3 Å². The third-order valence-electron chi connectivity index (χ3n) is 3.16. The van der Waals surface area contributed by atoms with Crippen LogP contribution in [-0.2, 0) is 16.2 Å². The van der Waals surface area contributed by atoms with Gasteiger partial charge in [0, 0.05) is 5.56 Å².